The molecule has 0 atom stereocenters. The molecular formula is C18H16N2O. The highest BCUT2D eigenvalue weighted by molar-refractivity contribution is 5.86. The number of aryl methyl sites for hydroxylation is 1. The molecule has 0 unspecified atom stereocenters. The molecule has 0 aliphatic rings. The van der Waals surface area contributed by atoms with Crippen molar-refractivity contribution in [3.8, 4) is 0 Å². The minimum Gasteiger partial charge on any atom is -0.340 e. The van der Waals surface area contributed by atoms with E-state index < -0.39 is 0 Å². The number of aromatic nitrogens is 1. The van der Waals surface area contributed by atoms with E-state index in [0.29, 0.717) is 6.42 Å². The van der Waals surface area contributed by atoms with Gasteiger partial charge in [0.1, 0.15) is 12.1 Å². The predicted octanol–water partition coefficient (Wildman–Crippen LogP) is 4.03. The lowest BCUT2D eigenvalue weighted by Gasteiger charge is -2.11. The molecule has 0 amide bonds. The third-order valence-corrected chi connectivity index (χ3v) is 3.46. The van der Waals surface area contributed by atoms with Crippen LogP contribution in [0.1, 0.15) is 11.1 Å². The molecule has 0 fully saturated rings. The van der Waals surface area contributed by atoms with Crippen molar-refractivity contribution in [1.82, 2.24) is 4.98 Å². The maximum Gasteiger partial charge on any atom is 0.134 e. The first-order chi connectivity index (χ1) is 10.3. The molecular weight excluding hydrogens is 260 g/mol. The van der Waals surface area contributed by atoms with Gasteiger partial charge in [0, 0.05) is 17.5 Å². The number of nitrogens with zero attached hydrogens (tertiary/aromatic N) is 1. The van der Waals surface area contributed by atoms with Crippen LogP contribution in [0.2, 0.25) is 0 Å². The Labute approximate surface area is 123 Å². The molecule has 0 radical (unpaired) electrons. The molecule has 0 saturated heterocycles. The summed E-state index contributed by atoms with van der Waals surface area (Å²) in [6.45, 7) is 2.03. The summed E-state index contributed by atoms with van der Waals surface area (Å²) >= 11 is 0. The summed E-state index contributed by atoms with van der Waals surface area (Å²) in [6.07, 6.45) is 1.30. The molecule has 0 spiro atoms. The summed E-state index contributed by atoms with van der Waals surface area (Å²) < 4.78 is 0. The molecule has 0 bridgehead atoms. The van der Waals surface area contributed by atoms with Gasteiger partial charge >= 0.3 is 0 Å². The summed E-state index contributed by atoms with van der Waals surface area (Å²) in [7, 11) is 0. The second kappa shape index (κ2) is 5.75. The molecule has 3 nitrogen and oxygen atoms in total. The Morgan fingerprint density at radius 3 is 2.67 bits per heavy atom. The molecule has 3 aromatic rings. The van der Waals surface area contributed by atoms with Crippen LogP contribution in [0.5, 0.6) is 0 Å². The number of rotatable bonds is 4. The number of carbonyl (C=O) groups is 1. The summed E-state index contributed by atoms with van der Waals surface area (Å²) in [5.74, 6) is 0.826. The SMILES string of the molecule is Cc1cc2cccc(CC=O)c2nc1Nc1ccccc1. The first kappa shape index (κ1) is 13.3. The highest BCUT2D eigenvalue weighted by Gasteiger charge is 2.07. The van der Waals surface area contributed by atoms with Crippen LogP contribution < -0.4 is 5.32 Å². The fourth-order valence-electron chi connectivity index (χ4n) is 2.40. The zero-order chi connectivity index (χ0) is 14.7. The van der Waals surface area contributed by atoms with Crippen LogP contribution in [-0.4, -0.2) is 11.3 Å². The van der Waals surface area contributed by atoms with Crippen molar-refractivity contribution in [2.45, 2.75) is 13.3 Å². The van der Waals surface area contributed by atoms with Gasteiger partial charge in [-0.25, -0.2) is 4.98 Å². The van der Waals surface area contributed by atoms with Crippen molar-refractivity contribution in [3.05, 3.63) is 65.7 Å². The van der Waals surface area contributed by atoms with Gasteiger partial charge in [-0.05, 0) is 36.2 Å². The standard InChI is InChI=1S/C18H16N2O/c1-13-12-15-7-5-6-14(10-11-21)17(15)20-18(13)19-16-8-3-2-4-9-16/h2-9,11-12H,10H2,1H3,(H,19,20). The molecule has 1 N–H and O–H groups in total. The zero-order valence-corrected chi connectivity index (χ0v) is 11.8. The Kier molecular flexibility index (Phi) is 3.65. The second-order valence-electron chi connectivity index (χ2n) is 5.00. The Bertz CT molecular complexity index is 782. The summed E-state index contributed by atoms with van der Waals surface area (Å²) in [5, 5.41) is 4.39. The van der Waals surface area contributed by atoms with Gasteiger partial charge in [-0.2, -0.15) is 0 Å². The molecule has 0 aliphatic carbocycles. The highest BCUT2D eigenvalue weighted by atomic mass is 16.1. The third kappa shape index (κ3) is 2.77. The lowest BCUT2D eigenvalue weighted by atomic mass is 10.1. The van der Waals surface area contributed by atoms with Crippen molar-refractivity contribution in [1.29, 1.82) is 0 Å². The number of para-hydroxylation sites is 2. The maximum absolute atomic E-state index is 10.8. The van der Waals surface area contributed by atoms with E-state index in [9.17, 15) is 4.79 Å². The molecule has 21 heavy (non-hydrogen) atoms. The normalized spacial score (nSPS) is 10.5. The Morgan fingerprint density at radius 2 is 1.90 bits per heavy atom. The molecule has 2 aromatic carbocycles. The van der Waals surface area contributed by atoms with E-state index >= 15 is 0 Å². The molecule has 1 aromatic heterocycles. The highest BCUT2D eigenvalue weighted by Crippen LogP contribution is 2.25. The summed E-state index contributed by atoms with van der Waals surface area (Å²) in [5.41, 5.74) is 3.92. The number of hydrogen-bond donors (Lipinski definition) is 1. The molecule has 1 heterocycles. The van der Waals surface area contributed by atoms with E-state index in [1.165, 1.54) is 0 Å². The summed E-state index contributed by atoms with van der Waals surface area (Å²) in [6, 6.07) is 18.0. The fourth-order valence-corrected chi connectivity index (χ4v) is 2.40. The second-order valence-corrected chi connectivity index (χ2v) is 5.00. The largest absolute Gasteiger partial charge is 0.340 e. The van der Waals surface area contributed by atoms with E-state index in [1.807, 2.05) is 55.5 Å². The van der Waals surface area contributed by atoms with E-state index in [2.05, 4.69) is 11.4 Å². The van der Waals surface area contributed by atoms with Crippen LogP contribution >= 0.6 is 0 Å². The van der Waals surface area contributed by atoms with Crippen LogP contribution in [0.15, 0.2) is 54.6 Å². The van der Waals surface area contributed by atoms with E-state index in [4.69, 9.17) is 4.98 Å². The number of anilines is 2. The minimum absolute atomic E-state index is 0.387. The number of carbonyl (C=O) groups excluding carboxylic acids is 1. The first-order valence-corrected chi connectivity index (χ1v) is 6.93. The van der Waals surface area contributed by atoms with Gasteiger partial charge in [-0.15, -0.1) is 0 Å². The van der Waals surface area contributed by atoms with Gasteiger partial charge in [0.05, 0.1) is 5.52 Å². The topological polar surface area (TPSA) is 42.0 Å². The zero-order valence-electron chi connectivity index (χ0n) is 11.8. The number of hydrogen-bond acceptors (Lipinski definition) is 3. The van der Waals surface area contributed by atoms with Crippen LogP contribution in [0, 0.1) is 6.92 Å². The average molecular weight is 276 g/mol. The Morgan fingerprint density at radius 1 is 1.10 bits per heavy atom. The number of benzene rings is 2. The van der Waals surface area contributed by atoms with Crippen molar-refractivity contribution in [2.24, 2.45) is 0 Å². The van der Waals surface area contributed by atoms with Crippen LogP contribution in [0.25, 0.3) is 10.9 Å². The fraction of sp³-hybridized carbons (Fsp3) is 0.111. The monoisotopic (exact) mass is 276 g/mol. The van der Waals surface area contributed by atoms with E-state index in [0.717, 1.165) is 39.8 Å². The van der Waals surface area contributed by atoms with Gasteiger partial charge in [0.25, 0.3) is 0 Å². The number of fused-ring (bicyclic) bond motifs is 1. The Hall–Kier alpha value is -2.68. The molecule has 3 heteroatoms. The van der Waals surface area contributed by atoms with Gasteiger partial charge in [0.2, 0.25) is 0 Å². The maximum atomic E-state index is 10.8. The van der Waals surface area contributed by atoms with Crippen LogP contribution in [0.3, 0.4) is 0 Å². The number of pyridine rings is 1. The quantitative estimate of drug-likeness (QED) is 0.731. The predicted molar refractivity (Wildman–Crippen MR) is 86.0 cm³/mol. The van der Waals surface area contributed by atoms with E-state index in [1.54, 1.807) is 0 Å². The van der Waals surface area contributed by atoms with Crippen molar-refractivity contribution in [2.75, 3.05) is 5.32 Å². The minimum atomic E-state index is 0.387. The summed E-state index contributed by atoms with van der Waals surface area (Å²) in [4.78, 5) is 15.5. The first-order valence-electron chi connectivity index (χ1n) is 6.93. The molecule has 104 valence electrons. The lowest BCUT2D eigenvalue weighted by molar-refractivity contribution is -0.107. The van der Waals surface area contributed by atoms with Crippen molar-refractivity contribution >= 4 is 28.7 Å². The number of nitrogens with one attached hydrogen (secondary N) is 1. The average Bonchev–Trinajstić information content (AvgIpc) is 2.50. The van der Waals surface area contributed by atoms with Crippen LogP contribution in [-0.2, 0) is 11.2 Å². The van der Waals surface area contributed by atoms with E-state index in [-0.39, 0.29) is 0 Å². The van der Waals surface area contributed by atoms with Gasteiger partial charge in [-0.3, -0.25) is 0 Å². The molecule has 0 aliphatic heterocycles. The van der Waals surface area contributed by atoms with Gasteiger partial charge in [0.15, 0.2) is 0 Å². The van der Waals surface area contributed by atoms with Gasteiger partial charge < -0.3 is 10.1 Å². The van der Waals surface area contributed by atoms with Crippen LogP contribution in [0.4, 0.5) is 11.5 Å². The Balaban J connectivity index is 2.08. The molecule has 0 saturated carbocycles. The van der Waals surface area contributed by atoms with Gasteiger partial charge in [-0.1, -0.05) is 36.4 Å². The number of aldehydes is 1. The third-order valence-electron chi connectivity index (χ3n) is 3.46. The lowest BCUT2D eigenvalue weighted by Crippen LogP contribution is -1.99. The van der Waals surface area contributed by atoms with Crippen molar-refractivity contribution in [3.63, 3.8) is 0 Å². The van der Waals surface area contributed by atoms with Crippen molar-refractivity contribution < 1.29 is 4.79 Å². The molecule has 3 rings (SSSR count). The smallest absolute Gasteiger partial charge is 0.134 e.